The van der Waals surface area contributed by atoms with Crippen molar-refractivity contribution in [1.29, 1.82) is 0 Å². The van der Waals surface area contributed by atoms with Gasteiger partial charge in [0.05, 0.1) is 12.8 Å². The van der Waals surface area contributed by atoms with Gasteiger partial charge >= 0.3 is 5.69 Å². The van der Waals surface area contributed by atoms with Gasteiger partial charge in [0.25, 0.3) is 0 Å². The summed E-state index contributed by atoms with van der Waals surface area (Å²) in [5.74, 6) is 0.798. The molecule has 2 aromatic rings. The van der Waals surface area contributed by atoms with E-state index in [0.29, 0.717) is 0 Å². The van der Waals surface area contributed by atoms with Crippen molar-refractivity contribution in [3.05, 3.63) is 46.1 Å². The Kier molecular flexibility index (Phi) is 2.79. The molecule has 0 saturated heterocycles. The molecule has 0 aliphatic heterocycles. The number of ether oxygens (including phenoxy) is 1. The Morgan fingerprint density at radius 3 is 2.41 bits per heavy atom. The van der Waals surface area contributed by atoms with Gasteiger partial charge < -0.3 is 4.74 Å². The molecule has 2 rings (SSSR count). The van der Waals surface area contributed by atoms with Crippen LogP contribution < -0.4 is 10.4 Å². The van der Waals surface area contributed by atoms with Crippen LogP contribution >= 0.6 is 0 Å². The van der Waals surface area contributed by atoms with Gasteiger partial charge in [-0.2, -0.15) is 0 Å². The molecular formula is C13H16N2O2. The van der Waals surface area contributed by atoms with E-state index in [1.807, 2.05) is 38.2 Å². The van der Waals surface area contributed by atoms with Crippen molar-refractivity contribution in [1.82, 2.24) is 9.13 Å². The third kappa shape index (κ3) is 1.86. The molecule has 1 aromatic heterocycles. The van der Waals surface area contributed by atoms with E-state index in [1.54, 1.807) is 23.3 Å². The first-order valence-electron chi connectivity index (χ1n) is 5.44. The quantitative estimate of drug-likeness (QED) is 0.791. The molecule has 0 unspecified atom stereocenters. The maximum Gasteiger partial charge on any atom is 0.332 e. The minimum absolute atomic E-state index is 0.0317. The van der Waals surface area contributed by atoms with E-state index in [1.165, 1.54) is 0 Å². The van der Waals surface area contributed by atoms with Crippen LogP contribution in [0.1, 0.15) is 11.3 Å². The number of benzene rings is 1. The Bertz CT molecular complexity index is 608. The molecule has 0 saturated carbocycles. The zero-order chi connectivity index (χ0) is 12.6. The van der Waals surface area contributed by atoms with E-state index in [4.69, 9.17) is 4.74 Å². The van der Waals surface area contributed by atoms with E-state index in [9.17, 15) is 4.79 Å². The topological polar surface area (TPSA) is 36.2 Å². The van der Waals surface area contributed by atoms with E-state index in [2.05, 4.69) is 0 Å². The molecule has 0 aliphatic carbocycles. The number of aryl methyl sites for hydroxylation is 2. The Hall–Kier alpha value is -1.97. The lowest BCUT2D eigenvalue weighted by Gasteiger charge is -2.07. The van der Waals surface area contributed by atoms with Crippen molar-refractivity contribution in [2.24, 2.45) is 7.05 Å². The Labute approximate surface area is 100 Å². The van der Waals surface area contributed by atoms with Gasteiger partial charge in [0.2, 0.25) is 0 Å². The van der Waals surface area contributed by atoms with Gasteiger partial charge in [-0.25, -0.2) is 4.79 Å². The minimum atomic E-state index is -0.0317. The van der Waals surface area contributed by atoms with Gasteiger partial charge in [0, 0.05) is 18.9 Å². The molecule has 90 valence electrons. The van der Waals surface area contributed by atoms with Crippen molar-refractivity contribution < 1.29 is 4.74 Å². The van der Waals surface area contributed by atoms with Crippen LogP contribution in [-0.2, 0) is 7.05 Å². The van der Waals surface area contributed by atoms with Gasteiger partial charge in [-0.15, -0.1) is 0 Å². The van der Waals surface area contributed by atoms with Gasteiger partial charge in [0.1, 0.15) is 5.75 Å². The minimum Gasteiger partial charge on any atom is -0.497 e. The Morgan fingerprint density at radius 1 is 1.24 bits per heavy atom. The summed E-state index contributed by atoms with van der Waals surface area (Å²) in [5.41, 5.74) is 2.80. The molecular weight excluding hydrogens is 216 g/mol. The summed E-state index contributed by atoms with van der Waals surface area (Å²) < 4.78 is 8.44. The molecule has 0 bridgehead atoms. The molecule has 0 aliphatic rings. The molecule has 0 N–H and O–H groups in total. The summed E-state index contributed by atoms with van der Waals surface area (Å²) in [4.78, 5) is 12.0. The van der Waals surface area contributed by atoms with Crippen LogP contribution in [0.25, 0.3) is 5.69 Å². The number of methoxy groups -OCH3 is 1. The molecule has 0 fully saturated rings. The van der Waals surface area contributed by atoms with Crippen LogP contribution in [0.15, 0.2) is 29.2 Å². The van der Waals surface area contributed by atoms with Crippen LogP contribution in [-0.4, -0.2) is 16.2 Å². The summed E-state index contributed by atoms with van der Waals surface area (Å²) in [6.45, 7) is 3.88. The lowest BCUT2D eigenvalue weighted by molar-refractivity contribution is 0.414. The summed E-state index contributed by atoms with van der Waals surface area (Å²) in [7, 11) is 3.40. The predicted molar refractivity (Wildman–Crippen MR) is 67.0 cm³/mol. The zero-order valence-electron chi connectivity index (χ0n) is 10.5. The molecule has 17 heavy (non-hydrogen) atoms. The van der Waals surface area contributed by atoms with Gasteiger partial charge in [-0.05, 0) is 37.6 Å². The van der Waals surface area contributed by atoms with E-state index in [0.717, 1.165) is 22.7 Å². The standard InChI is InChI=1S/C13H16N2O2/c1-9-7-11(17-4)5-6-12(9)15-8-10(2)14(3)13(15)16/h5-8H,1-4H3. The normalized spacial score (nSPS) is 10.6. The van der Waals surface area contributed by atoms with Crippen LogP contribution in [0.3, 0.4) is 0 Å². The Morgan fingerprint density at radius 2 is 1.94 bits per heavy atom. The summed E-state index contributed by atoms with van der Waals surface area (Å²) in [5, 5.41) is 0. The number of rotatable bonds is 2. The summed E-state index contributed by atoms with van der Waals surface area (Å²) >= 11 is 0. The van der Waals surface area contributed by atoms with Crippen LogP contribution in [0.2, 0.25) is 0 Å². The number of hydrogen-bond donors (Lipinski definition) is 0. The van der Waals surface area contributed by atoms with Crippen LogP contribution in [0.4, 0.5) is 0 Å². The molecule has 4 heteroatoms. The second kappa shape index (κ2) is 4.13. The maximum absolute atomic E-state index is 12.0. The van der Waals surface area contributed by atoms with Crippen molar-refractivity contribution in [3.63, 3.8) is 0 Å². The maximum atomic E-state index is 12.0. The third-order valence-corrected chi connectivity index (χ3v) is 3.00. The summed E-state index contributed by atoms with van der Waals surface area (Å²) in [6, 6.07) is 5.68. The Balaban J connectivity index is 2.61. The zero-order valence-corrected chi connectivity index (χ0v) is 10.5. The van der Waals surface area contributed by atoms with Crippen molar-refractivity contribution in [2.45, 2.75) is 13.8 Å². The highest BCUT2D eigenvalue weighted by Gasteiger charge is 2.09. The number of hydrogen-bond acceptors (Lipinski definition) is 2. The lowest BCUT2D eigenvalue weighted by Crippen LogP contribution is -2.21. The molecule has 4 nitrogen and oxygen atoms in total. The molecule has 0 amide bonds. The van der Waals surface area contributed by atoms with E-state index in [-0.39, 0.29) is 5.69 Å². The highest BCUT2D eigenvalue weighted by atomic mass is 16.5. The lowest BCUT2D eigenvalue weighted by atomic mass is 10.2. The fourth-order valence-electron chi connectivity index (χ4n) is 1.84. The monoisotopic (exact) mass is 232 g/mol. The van der Waals surface area contributed by atoms with Crippen molar-refractivity contribution in [2.75, 3.05) is 7.11 Å². The molecule has 0 radical (unpaired) electrons. The molecule has 0 atom stereocenters. The highest BCUT2D eigenvalue weighted by Crippen LogP contribution is 2.19. The van der Waals surface area contributed by atoms with Crippen molar-refractivity contribution >= 4 is 0 Å². The SMILES string of the molecule is COc1ccc(-n2cc(C)n(C)c2=O)c(C)c1. The average molecular weight is 232 g/mol. The smallest absolute Gasteiger partial charge is 0.332 e. The molecule has 1 aromatic carbocycles. The number of nitrogens with zero attached hydrogens (tertiary/aromatic N) is 2. The predicted octanol–water partition coefficient (Wildman–Crippen LogP) is 1.80. The molecule has 0 spiro atoms. The van der Waals surface area contributed by atoms with Gasteiger partial charge in [0.15, 0.2) is 0 Å². The first-order valence-corrected chi connectivity index (χ1v) is 5.44. The summed E-state index contributed by atoms with van der Waals surface area (Å²) in [6.07, 6.45) is 1.84. The largest absolute Gasteiger partial charge is 0.497 e. The first-order chi connectivity index (χ1) is 8.04. The van der Waals surface area contributed by atoms with Crippen molar-refractivity contribution in [3.8, 4) is 11.4 Å². The second-order valence-corrected chi connectivity index (χ2v) is 4.13. The third-order valence-electron chi connectivity index (χ3n) is 3.00. The van der Waals surface area contributed by atoms with E-state index >= 15 is 0 Å². The van der Waals surface area contributed by atoms with Crippen LogP contribution in [0.5, 0.6) is 5.75 Å². The van der Waals surface area contributed by atoms with Crippen LogP contribution in [0, 0.1) is 13.8 Å². The van der Waals surface area contributed by atoms with Gasteiger partial charge in [-0.1, -0.05) is 0 Å². The number of aromatic nitrogens is 2. The second-order valence-electron chi connectivity index (χ2n) is 4.13. The highest BCUT2D eigenvalue weighted by molar-refractivity contribution is 5.45. The fraction of sp³-hybridized carbons (Fsp3) is 0.308. The van der Waals surface area contributed by atoms with Gasteiger partial charge in [-0.3, -0.25) is 9.13 Å². The molecule has 1 heterocycles. The fourth-order valence-corrected chi connectivity index (χ4v) is 1.84. The average Bonchev–Trinajstić information content (AvgIpc) is 2.57. The van der Waals surface area contributed by atoms with E-state index < -0.39 is 0 Å². The number of imidazole rings is 1. The first kappa shape index (κ1) is 11.5.